The van der Waals surface area contributed by atoms with Crippen molar-refractivity contribution in [2.75, 3.05) is 13.1 Å². The van der Waals surface area contributed by atoms with Gasteiger partial charge in [0.05, 0.1) is 22.8 Å². The Morgan fingerprint density at radius 3 is 2.59 bits per heavy atom. The molecule has 29 heavy (non-hydrogen) atoms. The zero-order chi connectivity index (χ0) is 20.1. The SMILES string of the molecule is Clc1ccc(-c2ccc(-c3cnn(CCCC4CCCCNC4)n3)cc2)cc1Cl. The van der Waals surface area contributed by atoms with Crippen LogP contribution in [-0.2, 0) is 6.54 Å². The summed E-state index contributed by atoms with van der Waals surface area (Å²) >= 11 is 12.1. The fourth-order valence-electron chi connectivity index (χ4n) is 3.91. The van der Waals surface area contributed by atoms with E-state index in [1.807, 2.05) is 29.2 Å². The Kier molecular flexibility index (Phi) is 6.86. The number of rotatable bonds is 6. The lowest BCUT2D eigenvalue weighted by molar-refractivity contribution is 0.398. The Morgan fingerprint density at radius 1 is 0.966 bits per heavy atom. The van der Waals surface area contributed by atoms with Gasteiger partial charge in [0.15, 0.2) is 0 Å². The number of hydrogen-bond donors (Lipinski definition) is 1. The molecule has 3 aromatic rings. The maximum absolute atomic E-state index is 6.14. The molecule has 0 saturated carbocycles. The number of nitrogens with zero attached hydrogens (tertiary/aromatic N) is 3. The summed E-state index contributed by atoms with van der Waals surface area (Å²) in [5.74, 6) is 0.793. The average Bonchev–Trinajstić information content (AvgIpc) is 3.05. The van der Waals surface area contributed by atoms with E-state index in [0.29, 0.717) is 10.0 Å². The summed E-state index contributed by atoms with van der Waals surface area (Å²) in [5, 5.41) is 13.8. The summed E-state index contributed by atoms with van der Waals surface area (Å²) in [7, 11) is 0. The second-order valence-electron chi connectivity index (χ2n) is 7.74. The predicted octanol–water partition coefficient (Wildman–Crippen LogP) is 6.09. The molecule has 0 amide bonds. The van der Waals surface area contributed by atoms with Crippen LogP contribution in [0.25, 0.3) is 22.4 Å². The Balaban J connectivity index is 1.35. The van der Waals surface area contributed by atoms with Gasteiger partial charge < -0.3 is 5.32 Å². The molecule has 4 nitrogen and oxygen atoms in total. The number of benzene rings is 2. The molecule has 0 spiro atoms. The molecule has 152 valence electrons. The Hall–Kier alpha value is -1.88. The maximum Gasteiger partial charge on any atom is 0.113 e. The van der Waals surface area contributed by atoms with Gasteiger partial charge in [0.25, 0.3) is 0 Å². The molecule has 1 N–H and O–H groups in total. The van der Waals surface area contributed by atoms with E-state index in [9.17, 15) is 0 Å². The molecule has 6 heteroatoms. The van der Waals surface area contributed by atoms with Gasteiger partial charge in [-0.2, -0.15) is 15.0 Å². The van der Waals surface area contributed by atoms with E-state index in [1.54, 1.807) is 0 Å². The van der Waals surface area contributed by atoms with Crippen LogP contribution in [0.1, 0.15) is 32.1 Å². The van der Waals surface area contributed by atoms with Crippen LogP contribution >= 0.6 is 23.2 Å². The van der Waals surface area contributed by atoms with Gasteiger partial charge in [-0.05, 0) is 68.0 Å². The van der Waals surface area contributed by atoms with Gasteiger partial charge in [0, 0.05) is 5.56 Å². The van der Waals surface area contributed by atoms with Crippen molar-refractivity contribution in [3.05, 3.63) is 58.7 Å². The van der Waals surface area contributed by atoms with E-state index < -0.39 is 0 Å². The Labute approximate surface area is 182 Å². The van der Waals surface area contributed by atoms with Crippen LogP contribution < -0.4 is 5.32 Å². The second kappa shape index (κ2) is 9.75. The van der Waals surface area contributed by atoms with Crippen molar-refractivity contribution in [1.29, 1.82) is 0 Å². The first-order chi connectivity index (χ1) is 14.2. The highest BCUT2D eigenvalue weighted by Gasteiger charge is 2.12. The average molecular weight is 429 g/mol. The first kappa shape index (κ1) is 20.4. The van der Waals surface area contributed by atoms with Crippen LogP contribution in [0.4, 0.5) is 0 Å². The van der Waals surface area contributed by atoms with E-state index in [2.05, 4.69) is 39.8 Å². The van der Waals surface area contributed by atoms with E-state index in [4.69, 9.17) is 23.2 Å². The van der Waals surface area contributed by atoms with Gasteiger partial charge in [-0.3, -0.25) is 0 Å². The topological polar surface area (TPSA) is 42.7 Å². The minimum absolute atomic E-state index is 0.566. The molecular weight excluding hydrogens is 403 g/mol. The number of hydrogen-bond acceptors (Lipinski definition) is 3. The largest absolute Gasteiger partial charge is 0.316 e. The lowest BCUT2D eigenvalue weighted by Gasteiger charge is -2.13. The van der Waals surface area contributed by atoms with Gasteiger partial charge >= 0.3 is 0 Å². The highest BCUT2D eigenvalue weighted by atomic mass is 35.5. The maximum atomic E-state index is 6.14. The van der Waals surface area contributed by atoms with Gasteiger partial charge in [-0.25, -0.2) is 0 Å². The molecule has 1 aliphatic rings. The van der Waals surface area contributed by atoms with Gasteiger partial charge in [-0.1, -0.05) is 60.0 Å². The summed E-state index contributed by atoms with van der Waals surface area (Å²) in [5.41, 5.74) is 4.11. The van der Waals surface area contributed by atoms with Crippen molar-refractivity contribution in [3.8, 4) is 22.4 Å². The number of aryl methyl sites for hydroxylation is 1. The highest BCUT2D eigenvalue weighted by Crippen LogP contribution is 2.29. The van der Waals surface area contributed by atoms with Gasteiger partial charge in [-0.15, -0.1) is 0 Å². The molecule has 0 bridgehead atoms. The summed E-state index contributed by atoms with van der Waals surface area (Å²) in [6.45, 7) is 3.20. The molecular formula is C23H26Cl2N4. The predicted molar refractivity (Wildman–Crippen MR) is 120 cm³/mol. The third-order valence-electron chi connectivity index (χ3n) is 5.59. The first-order valence-electron chi connectivity index (χ1n) is 10.4. The Bertz CT molecular complexity index is 928. The standard InChI is InChI=1S/C23H26Cl2N4/c24-21-11-10-20(14-22(21)25)18-6-8-19(9-7-18)23-16-27-29(28-23)13-3-5-17-4-1-2-12-26-15-17/h6-11,14,16-17,26H,1-5,12-13,15H2. The second-order valence-corrected chi connectivity index (χ2v) is 8.55. The highest BCUT2D eigenvalue weighted by molar-refractivity contribution is 6.42. The summed E-state index contributed by atoms with van der Waals surface area (Å²) in [4.78, 5) is 1.83. The van der Waals surface area contributed by atoms with Crippen molar-refractivity contribution >= 4 is 23.2 Å². The zero-order valence-corrected chi connectivity index (χ0v) is 18.0. The fraction of sp³-hybridized carbons (Fsp3) is 0.391. The molecule has 2 heterocycles. The minimum Gasteiger partial charge on any atom is -0.316 e. The monoisotopic (exact) mass is 428 g/mol. The third kappa shape index (κ3) is 5.39. The molecule has 1 aromatic heterocycles. The minimum atomic E-state index is 0.566. The molecule has 0 aliphatic carbocycles. The van der Waals surface area contributed by atoms with Crippen LogP contribution in [-0.4, -0.2) is 28.1 Å². The summed E-state index contributed by atoms with van der Waals surface area (Å²) in [6.07, 6.45) is 8.21. The van der Waals surface area contributed by atoms with Crippen LogP contribution in [0, 0.1) is 5.92 Å². The smallest absolute Gasteiger partial charge is 0.113 e. The van der Waals surface area contributed by atoms with Gasteiger partial charge in [0.2, 0.25) is 0 Å². The number of nitrogens with one attached hydrogen (secondary N) is 1. The first-order valence-corrected chi connectivity index (χ1v) is 11.1. The van der Waals surface area contributed by atoms with Crippen molar-refractivity contribution in [2.24, 2.45) is 5.92 Å². The van der Waals surface area contributed by atoms with Crippen LogP contribution in [0.15, 0.2) is 48.7 Å². The Morgan fingerprint density at radius 2 is 1.76 bits per heavy atom. The molecule has 1 saturated heterocycles. The lowest BCUT2D eigenvalue weighted by atomic mass is 9.98. The number of aromatic nitrogens is 3. The van der Waals surface area contributed by atoms with E-state index in [0.717, 1.165) is 47.8 Å². The summed E-state index contributed by atoms with van der Waals surface area (Å²) < 4.78 is 0. The van der Waals surface area contributed by atoms with Crippen LogP contribution in [0.5, 0.6) is 0 Å². The van der Waals surface area contributed by atoms with Crippen molar-refractivity contribution in [3.63, 3.8) is 0 Å². The quantitative estimate of drug-likeness (QED) is 0.516. The molecule has 1 unspecified atom stereocenters. The molecule has 1 aliphatic heterocycles. The van der Waals surface area contributed by atoms with Crippen LogP contribution in [0.3, 0.4) is 0 Å². The normalized spacial score (nSPS) is 17.2. The van der Waals surface area contributed by atoms with E-state index in [-0.39, 0.29) is 0 Å². The summed E-state index contributed by atoms with van der Waals surface area (Å²) in [6, 6.07) is 14.0. The van der Waals surface area contributed by atoms with E-state index in [1.165, 1.54) is 32.2 Å². The molecule has 2 aromatic carbocycles. The van der Waals surface area contributed by atoms with Gasteiger partial charge in [0.1, 0.15) is 5.69 Å². The zero-order valence-electron chi connectivity index (χ0n) is 16.5. The fourth-order valence-corrected chi connectivity index (χ4v) is 4.20. The molecule has 1 fully saturated rings. The van der Waals surface area contributed by atoms with Crippen molar-refractivity contribution in [2.45, 2.75) is 38.6 Å². The lowest BCUT2D eigenvalue weighted by Crippen LogP contribution is -2.20. The van der Waals surface area contributed by atoms with Crippen molar-refractivity contribution in [1.82, 2.24) is 20.3 Å². The van der Waals surface area contributed by atoms with Crippen LogP contribution in [0.2, 0.25) is 10.0 Å². The van der Waals surface area contributed by atoms with E-state index >= 15 is 0 Å². The molecule has 1 atom stereocenters. The molecule has 0 radical (unpaired) electrons. The third-order valence-corrected chi connectivity index (χ3v) is 6.33. The van der Waals surface area contributed by atoms with Crippen molar-refractivity contribution < 1.29 is 0 Å². The molecule has 4 rings (SSSR count). The number of halogens is 2.